The Morgan fingerprint density at radius 1 is 1.29 bits per heavy atom. The van der Waals surface area contributed by atoms with E-state index in [1.807, 2.05) is 24.3 Å². The first kappa shape index (κ1) is 11.2. The zero-order valence-corrected chi connectivity index (χ0v) is 8.35. The molecule has 2 unspecified atom stereocenters. The Bertz CT molecular complexity index is 286. The maximum atomic E-state index is 9.62. The molecule has 0 aliphatic carbocycles. The van der Waals surface area contributed by atoms with Crippen molar-refractivity contribution >= 4 is 0 Å². The highest BCUT2D eigenvalue weighted by atomic mass is 16.3. The molecule has 0 aliphatic rings. The molecule has 2 atom stereocenters. The van der Waals surface area contributed by atoms with Gasteiger partial charge in [-0.1, -0.05) is 24.3 Å². The van der Waals surface area contributed by atoms with Crippen molar-refractivity contribution in [1.29, 1.82) is 0 Å². The summed E-state index contributed by atoms with van der Waals surface area (Å²) in [6, 6.07) is 7.50. The highest BCUT2D eigenvalue weighted by Gasteiger charge is 2.11. The van der Waals surface area contributed by atoms with Gasteiger partial charge in [-0.2, -0.15) is 0 Å². The Morgan fingerprint density at radius 3 is 2.50 bits per heavy atom. The third-order valence-electron chi connectivity index (χ3n) is 2.15. The fourth-order valence-electron chi connectivity index (χ4n) is 1.49. The average molecular weight is 195 g/mol. The first-order chi connectivity index (χ1) is 6.65. The van der Waals surface area contributed by atoms with E-state index in [1.54, 1.807) is 6.92 Å². The molecule has 78 valence electrons. The van der Waals surface area contributed by atoms with Gasteiger partial charge in [0.25, 0.3) is 0 Å². The normalized spacial score (nSPS) is 15.1. The smallest absolute Gasteiger partial charge is 0.0914 e. The Morgan fingerprint density at radius 2 is 1.93 bits per heavy atom. The number of hydrogen-bond donors (Lipinski definition) is 3. The quantitative estimate of drug-likeness (QED) is 0.659. The summed E-state index contributed by atoms with van der Waals surface area (Å²) in [6.45, 7) is 1.93. The lowest BCUT2D eigenvalue weighted by Gasteiger charge is -2.14. The molecule has 0 spiro atoms. The molecule has 0 radical (unpaired) electrons. The minimum atomic E-state index is -0.634. The molecule has 0 saturated heterocycles. The van der Waals surface area contributed by atoms with Gasteiger partial charge in [-0.05, 0) is 24.5 Å². The van der Waals surface area contributed by atoms with Crippen molar-refractivity contribution in [1.82, 2.24) is 0 Å². The predicted octanol–water partition coefficient (Wildman–Crippen LogP) is 0.602. The zero-order valence-electron chi connectivity index (χ0n) is 8.35. The van der Waals surface area contributed by atoms with E-state index in [9.17, 15) is 10.2 Å². The Labute approximate surface area is 84.2 Å². The minimum Gasteiger partial charge on any atom is -0.393 e. The third kappa shape index (κ3) is 2.80. The summed E-state index contributed by atoms with van der Waals surface area (Å²) < 4.78 is 0. The van der Waals surface area contributed by atoms with Crippen molar-refractivity contribution in [3.8, 4) is 0 Å². The first-order valence-corrected chi connectivity index (χ1v) is 4.79. The highest BCUT2D eigenvalue weighted by molar-refractivity contribution is 5.29. The molecule has 0 saturated carbocycles. The summed E-state index contributed by atoms with van der Waals surface area (Å²) in [6.07, 6.45) is -0.487. The summed E-state index contributed by atoms with van der Waals surface area (Å²) in [5.74, 6) is 0. The number of hydrogen-bond acceptors (Lipinski definition) is 3. The van der Waals surface area contributed by atoms with Crippen molar-refractivity contribution in [3.63, 3.8) is 0 Å². The van der Waals surface area contributed by atoms with Crippen molar-refractivity contribution < 1.29 is 10.2 Å². The topological polar surface area (TPSA) is 66.5 Å². The Balaban J connectivity index is 2.91. The Hall–Kier alpha value is -0.900. The summed E-state index contributed by atoms with van der Waals surface area (Å²) in [4.78, 5) is 0. The van der Waals surface area contributed by atoms with E-state index in [0.717, 1.165) is 11.1 Å². The van der Waals surface area contributed by atoms with Crippen molar-refractivity contribution in [2.24, 2.45) is 5.73 Å². The lowest BCUT2D eigenvalue weighted by molar-refractivity contribution is 0.178. The van der Waals surface area contributed by atoms with E-state index < -0.39 is 12.2 Å². The number of aliphatic hydroxyl groups excluding tert-OH is 2. The van der Waals surface area contributed by atoms with Crippen LogP contribution in [-0.2, 0) is 6.42 Å². The molecule has 1 rings (SSSR count). The summed E-state index contributed by atoms with van der Waals surface area (Å²) in [5, 5.41) is 18.9. The average Bonchev–Trinajstić information content (AvgIpc) is 2.16. The molecule has 1 aromatic rings. The summed E-state index contributed by atoms with van der Waals surface area (Å²) in [7, 11) is 0. The second kappa shape index (κ2) is 5.10. The van der Waals surface area contributed by atoms with Crippen LogP contribution in [0.2, 0.25) is 0 Å². The monoisotopic (exact) mass is 195 g/mol. The van der Waals surface area contributed by atoms with Crippen LogP contribution in [0.25, 0.3) is 0 Å². The highest BCUT2D eigenvalue weighted by Crippen LogP contribution is 2.18. The van der Waals surface area contributed by atoms with Crippen LogP contribution in [0, 0.1) is 0 Å². The molecule has 0 amide bonds. The van der Waals surface area contributed by atoms with Crippen LogP contribution in [0.5, 0.6) is 0 Å². The fraction of sp³-hybridized carbons (Fsp3) is 0.455. The van der Waals surface area contributed by atoms with Gasteiger partial charge in [0.05, 0.1) is 12.2 Å². The first-order valence-electron chi connectivity index (χ1n) is 4.79. The van der Waals surface area contributed by atoms with Gasteiger partial charge in [0, 0.05) is 6.54 Å². The number of aliphatic hydroxyl groups is 2. The van der Waals surface area contributed by atoms with Crippen LogP contribution in [0.4, 0.5) is 0 Å². The van der Waals surface area contributed by atoms with Crippen LogP contribution in [0.15, 0.2) is 24.3 Å². The summed E-state index contributed by atoms with van der Waals surface area (Å²) >= 11 is 0. The second-order valence-electron chi connectivity index (χ2n) is 3.50. The van der Waals surface area contributed by atoms with E-state index in [2.05, 4.69) is 0 Å². The van der Waals surface area contributed by atoms with Gasteiger partial charge in [-0.15, -0.1) is 0 Å². The molecule has 4 N–H and O–H groups in total. The number of benzene rings is 1. The van der Waals surface area contributed by atoms with Crippen molar-refractivity contribution in [2.75, 3.05) is 6.54 Å². The van der Waals surface area contributed by atoms with Crippen molar-refractivity contribution in [2.45, 2.75) is 25.6 Å². The van der Waals surface area contributed by atoms with Crippen LogP contribution >= 0.6 is 0 Å². The van der Waals surface area contributed by atoms with Crippen LogP contribution in [0.1, 0.15) is 24.2 Å². The molecule has 3 heteroatoms. The maximum absolute atomic E-state index is 9.62. The fourth-order valence-corrected chi connectivity index (χ4v) is 1.49. The number of rotatable bonds is 4. The maximum Gasteiger partial charge on any atom is 0.0914 e. The van der Waals surface area contributed by atoms with Gasteiger partial charge in [0.1, 0.15) is 0 Å². The van der Waals surface area contributed by atoms with E-state index in [0.29, 0.717) is 6.42 Å². The molecule has 1 aromatic carbocycles. The molecular formula is C11H17NO2. The molecule has 0 heterocycles. The molecule has 14 heavy (non-hydrogen) atoms. The van der Waals surface area contributed by atoms with Crippen LogP contribution in [-0.4, -0.2) is 22.9 Å². The standard InChI is InChI=1S/C11H17NO2/c1-8(13)6-9-4-2-3-5-10(9)11(14)7-12/h2-5,8,11,13-14H,6-7,12H2,1H3. The predicted molar refractivity (Wildman–Crippen MR) is 55.8 cm³/mol. The van der Waals surface area contributed by atoms with Gasteiger partial charge in [0.2, 0.25) is 0 Å². The molecule has 0 aromatic heterocycles. The van der Waals surface area contributed by atoms with E-state index in [1.165, 1.54) is 0 Å². The molecule has 0 bridgehead atoms. The third-order valence-corrected chi connectivity index (χ3v) is 2.15. The van der Waals surface area contributed by atoms with Crippen LogP contribution in [0.3, 0.4) is 0 Å². The SMILES string of the molecule is CC(O)Cc1ccccc1C(O)CN. The molecular weight excluding hydrogens is 178 g/mol. The number of nitrogens with two attached hydrogens (primary N) is 1. The summed E-state index contributed by atoms with van der Waals surface area (Å²) in [5.41, 5.74) is 7.17. The lowest BCUT2D eigenvalue weighted by Crippen LogP contribution is -2.15. The molecule has 3 nitrogen and oxygen atoms in total. The van der Waals surface area contributed by atoms with Crippen LogP contribution < -0.4 is 5.73 Å². The van der Waals surface area contributed by atoms with E-state index >= 15 is 0 Å². The van der Waals surface area contributed by atoms with Gasteiger partial charge < -0.3 is 15.9 Å². The van der Waals surface area contributed by atoms with Crippen molar-refractivity contribution in [3.05, 3.63) is 35.4 Å². The second-order valence-corrected chi connectivity index (χ2v) is 3.50. The van der Waals surface area contributed by atoms with Gasteiger partial charge in [-0.25, -0.2) is 0 Å². The van der Waals surface area contributed by atoms with Gasteiger partial charge in [0.15, 0.2) is 0 Å². The minimum absolute atomic E-state index is 0.205. The molecule has 0 aliphatic heterocycles. The molecule has 0 fully saturated rings. The Kier molecular flexibility index (Phi) is 4.07. The largest absolute Gasteiger partial charge is 0.393 e. The van der Waals surface area contributed by atoms with Gasteiger partial charge >= 0.3 is 0 Å². The zero-order chi connectivity index (χ0) is 10.6. The van der Waals surface area contributed by atoms with E-state index in [-0.39, 0.29) is 6.54 Å². The lowest BCUT2D eigenvalue weighted by atomic mass is 9.98. The van der Waals surface area contributed by atoms with Gasteiger partial charge in [-0.3, -0.25) is 0 Å². The van der Waals surface area contributed by atoms with E-state index in [4.69, 9.17) is 5.73 Å².